The van der Waals surface area contributed by atoms with Crippen molar-refractivity contribution in [2.45, 2.75) is 20.0 Å². The van der Waals surface area contributed by atoms with Gasteiger partial charge >= 0.3 is 0 Å². The summed E-state index contributed by atoms with van der Waals surface area (Å²) in [6, 6.07) is 12.5. The van der Waals surface area contributed by atoms with Crippen LogP contribution in [0.5, 0.6) is 23.0 Å². The third-order valence-electron chi connectivity index (χ3n) is 5.58. The van der Waals surface area contributed by atoms with Gasteiger partial charge in [0.1, 0.15) is 50.8 Å². The molecule has 29 heavy (non-hydrogen) atoms. The van der Waals surface area contributed by atoms with Crippen molar-refractivity contribution in [2.24, 2.45) is 0 Å². The van der Waals surface area contributed by atoms with Crippen molar-refractivity contribution < 1.29 is 28.7 Å². The van der Waals surface area contributed by atoms with Gasteiger partial charge in [-0.1, -0.05) is 0 Å². The Morgan fingerprint density at radius 1 is 0.724 bits per heavy atom. The summed E-state index contributed by atoms with van der Waals surface area (Å²) in [6.07, 6.45) is 0. The molecule has 2 aromatic rings. The quantitative estimate of drug-likeness (QED) is 0.645. The van der Waals surface area contributed by atoms with Crippen molar-refractivity contribution in [1.29, 1.82) is 0 Å². The van der Waals surface area contributed by atoms with Crippen molar-refractivity contribution in [3.05, 3.63) is 47.5 Å². The zero-order valence-corrected chi connectivity index (χ0v) is 18.0. The molecular formula is C23H34N2O4+2. The number of hydrogen-bond donors (Lipinski definition) is 2. The van der Waals surface area contributed by atoms with E-state index in [1.807, 2.05) is 19.1 Å². The van der Waals surface area contributed by atoms with Crippen LogP contribution in [0.4, 0.5) is 0 Å². The first-order valence-electron chi connectivity index (χ1n) is 10.3. The number of rotatable bonds is 9. The lowest BCUT2D eigenvalue weighted by Crippen LogP contribution is -3.27. The van der Waals surface area contributed by atoms with Crippen molar-refractivity contribution in [1.82, 2.24) is 0 Å². The van der Waals surface area contributed by atoms with Gasteiger partial charge in [0.2, 0.25) is 0 Å². The second-order valence-corrected chi connectivity index (χ2v) is 7.45. The van der Waals surface area contributed by atoms with Gasteiger partial charge in [0.25, 0.3) is 0 Å². The summed E-state index contributed by atoms with van der Waals surface area (Å²) in [7, 11) is 5.03. The fourth-order valence-electron chi connectivity index (χ4n) is 3.97. The highest BCUT2D eigenvalue weighted by Crippen LogP contribution is 2.34. The lowest BCUT2D eigenvalue weighted by Gasteiger charge is -2.30. The van der Waals surface area contributed by atoms with Crippen molar-refractivity contribution >= 4 is 0 Å². The van der Waals surface area contributed by atoms with E-state index < -0.39 is 0 Å². The fraction of sp³-hybridized carbons (Fsp3) is 0.478. The molecule has 1 aliphatic heterocycles. The summed E-state index contributed by atoms with van der Waals surface area (Å²) in [5.41, 5.74) is 2.53. The zero-order valence-electron chi connectivity index (χ0n) is 18.0. The van der Waals surface area contributed by atoms with Crippen molar-refractivity contribution in [2.75, 3.05) is 54.1 Å². The van der Waals surface area contributed by atoms with Gasteiger partial charge in [0.15, 0.2) is 11.5 Å². The largest absolute Gasteiger partial charge is 0.496 e. The molecule has 1 aliphatic rings. The first-order chi connectivity index (χ1) is 14.2. The minimum atomic E-state index is 0.702. The molecule has 6 heteroatoms. The Hall–Kier alpha value is -2.44. The van der Waals surface area contributed by atoms with E-state index in [2.05, 4.69) is 24.3 Å². The Bertz CT molecular complexity index is 771. The minimum absolute atomic E-state index is 0.702. The maximum absolute atomic E-state index is 5.59. The van der Waals surface area contributed by atoms with Crippen LogP contribution < -0.4 is 28.7 Å². The summed E-state index contributed by atoms with van der Waals surface area (Å²) in [5, 5.41) is 0. The molecule has 0 atom stereocenters. The van der Waals surface area contributed by atoms with Crippen LogP contribution in [0.2, 0.25) is 0 Å². The van der Waals surface area contributed by atoms with Gasteiger partial charge in [-0.25, -0.2) is 0 Å². The summed E-state index contributed by atoms with van der Waals surface area (Å²) in [4.78, 5) is 3.21. The molecule has 1 saturated heterocycles. The summed E-state index contributed by atoms with van der Waals surface area (Å²) < 4.78 is 22.0. The molecule has 158 valence electrons. The molecule has 0 aliphatic carbocycles. The lowest BCUT2D eigenvalue weighted by atomic mass is 10.1. The molecule has 2 N–H and O–H groups in total. The van der Waals surface area contributed by atoms with E-state index in [0.717, 1.165) is 62.1 Å². The molecule has 0 radical (unpaired) electrons. The third-order valence-corrected chi connectivity index (χ3v) is 5.58. The predicted octanol–water partition coefficient (Wildman–Crippen LogP) is 0.595. The smallest absolute Gasteiger partial charge is 0.164 e. The number of hydrogen-bond acceptors (Lipinski definition) is 4. The molecule has 0 saturated carbocycles. The van der Waals surface area contributed by atoms with Crippen molar-refractivity contribution in [3.63, 3.8) is 0 Å². The molecule has 0 unspecified atom stereocenters. The standard InChI is InChI=1S/C23H32N2O4/c1-5-29-20-8-6-18(7-9-20)16-24-10-12-25(13-11-24)17-19-14-22(27-3)23(28-4)15-21(19)26-2/h6-9,14-15H,5,10-13,16-17H2,1-4H3/p+2. The maximum atomic E-state index is 5.59. The minimum Gasteiger partial charge on any atom is -0.496 e. The van der Waals surface area contributed by atoms with E-state index in [1.54, 1.807) is 31.1 Å². The molecule has 0 spiro atoms. The zero-order chi connectivity index (χ0) is 20.6. The number of quaternary nitrogens is 2. The normalized spacial score (nSPS) is 18.9. The number of benzene rings is 2. The molecule has 6 nitrogen and oxygen atoms in total. The van der Waals surface area contributed by atoms with Crippen LogP contribution in [0, 0.1) is 0 Å². The molecule has 0 amide bonds. The SMILES string of the molecule is CCOc1ccc(C[NH+]2CC[NH+](Cc3cc(OC)c(OC)cc3OC)CC2)cc1. The summed E-state index contributed by atoms with van der Waals surface area (Å²) in [6.45, 7) is 9.33. The number of nitrogens with one attached hydrogen (secondary N) is 2. The topological polar surface area (TPSA) is 45.8 Å². The number of methoxy groups -OCH3 is 3. The Labute approximate surface area is 173 Å². The van der Waals surface area contributed by atoms with E-state index in [-0.39, 0.29) is 0 Å². The average molecular weight is 403 g/mol. The van der Waals surface area contributed by atoms with E-state index in [9.17, 15) is 0 Å². The summed E-state index contributed by atoms with van der Waals surface area (Å²) in [5.74, 6) is 3.26. The van der Waals surface area contributed by atoms with Gasteiger partial charge in [-0.2, -0.15) is 0 Å². The molecule has 1 heterocycles. The molecule has 2 aromatic carbocycles. The van der Waals surface area contributed by atoms with Crippen LogP contribution in [0.15, 0.2) is 36.4 Å². The first-order valence-corrected chi connectivity index (χ1v) is 10.3. The Kier molecular flexibility index (Phi) is 7.61. The Morgan fingerprint density at radius 2 is 1.28 bits per heavy atom. The molecule has 0 aromatic heterocycles. The Balaban J connectivity index is 1.55. The van der Waals surface area contributed by atoms with Gasteiger partial charge in [-0.15, -0.1) is 0 Å². The van der Waals surface area contributed by atoms with E-state index in [0.29, 0.717) is 12.4 Å². The molecule has 1 fully saturated rings. The van der Waals surface area contributed by atoms with Crippen LogP contribution in [0.1, 0.15) is 18.1 Å². The maximum Gasteiger partial charge on any atom is 0.164 e. The second kappa shape index (κ2) is 10.4. The monoisotopic (exact) mass is 402 g/mol. The lowest BCUT2D eigenvalue weighted by molar-refractivity contribution is -1.02. The third kappa shape index (κ3) is 5.55. The van der Waals surface area contributed by atoms with Crippen LogP contribution in [0.3, 0.4) is 0 Å². The highest BCUT2D eigenvalue weighted by molar-refractivity contribution is 5.50. The number of ether oxygens (including phenoxy) is 4. The molecule has 0 bridgehead atoms. The summed E-state index contributed by atoms with van der Waals surface area (Å²) >= 11 is 0. The highest BCUT2D eigenvalue weighted by Gasteiger charge is 2.25. The van der Waals surface area contributed by atoms with Gasteiger partial charge < -0.3 is 28.7 Å². The molecular weight excluding hydrogens is 368 g/mol. The van der Waals surface area contributed by atoms with Gasteiger partial charge in [0.05, 0.1) is 33.5 Å². The first kappa shape index (κ1) is 21.3. The highest BCUT2D eigenvalue weighted by atomic mass is 16.5. The van der Waals surface area contributed by atoms with Crippen molar-refractivity contribution in [3.8, 4) is 23.0 Å². The van der Waals surface area contributed by atoms with Crippen LogP contribution in [-0.2, 0) is 13.1 Å². The average Bonchev–Trinajstić information content (AvgIpc) is 2.76. The predicted molar refractivity (Wildman–Crippen MR) is 113 cm³/mol. The van der Waals surface area contributed by atoms with Gasteiger partial charge in [0, 0.05) is 11.6 Å². The fourth-order valence-corrected chi connectivity index (χ4v) is 3.97. The van der Waals surface area contributed by atoms with Crippen LogP contribution >= 0.6 is 0 Å². The van der Waals surface area contributed by atoms with Gasteiger partial charge in [-0.3, -0.25) is 0 Å². The Morgan fingerprint density at radius 3 is 1.83 bits per heavy atom. The van der Waals surface area contributed by atoms with Crippen LogP contribution in [0.25, 0.3) is 0 Å². The van der Waals surface area contributed by atoms with Gasteiger partial charge in [-0.05, 0) is 37.3 Å². The second-order valence-electron chi connectivity index (χ2n) is 7.45. The molecule has 3 rings (SSSR count). The van der Waals surface area contributed by atoms with E-state index in [1.165, 1.54) is 5.56 Å². The van der Waals surface area contributed by atoms with E-state index >= 15 is 0 Å². The number of piperazine rings is 1. The van der Waals surface area contributed by atoms with Crippen LogP contribution in [-0.4, -0.2) is 54.1 Å². The van der Waals surface area contributed by atoms with E-state index in [4.69, 9.17) is 18.9 Å².